The fraction of sp³-hybridized carbons (Fsp3) is 0.250. The molecule has 0 unspecified atom stereocenters. The van der Waals surface area contributed by atoms with Crippen molar-refractivity contribution in [3.05, 3.63) is 52.0 Å². The molecule has 2 rings (SSSR count). The summed E-state index contributed by atoms with van der Waals surface area (Å²) in [5.41, 5.74) is 1.00. The van der Waals surface area contributed by atoms with Crippen molar-refractivity contribution in [3.8, 4) is 0 Å². The van der Waals surface area contributed by atoms with Crippen molar-refractivity contribution in [2.24, 2.45) is 0 Å². The second kappa shape index (κ2) is 5.57. The minimum atomic E-state index is -0.534. The maximum absolute atomic E-state index is 11.5. The van der Waals surface area contributed by atoms with Crippen molar-refractivity contribution in [2.75, 3.05) is 25.8 Å². The number of ether oxygens (including phenoxy) is 1. The van der Waals surface area contributed by atoms with Gasteiger partial charge in [0, 0.05) is 5.69 Å². The molecule has 1 aliphatic rings. The summed E-state index contributed by atoms with van der Waals surface area (Å²) in [5, 5.41) is 12.0. The third-order valence-corrected chi connectivity index (χ3v) is 2.81. The number of anilines is 1. The van der Waals surface area contributed by atoms with Gasteiger partial charge in [-0.1, -0.05) is 11.1 Å². The van der Waals surface area contributed by atoms with Crippen LogP contribution in [-0.4, -0.2) is 36.8 Å². The molecular formula is C12H13N3O5. The van der Waals surface area contributed by atoms with Crippen LogP contribution >= 0.6 is 0 Å². The van der Waals surface area contributed by atoms with Gasteiger partial charge in [0.1, 0.15) is 6.20 Å². The average molecular weight is 279 g/mol. The summed E-state index contributed by atoms with van der Waals surface area (Å²) in [6.07, 6.45) is 1.35. The predicted octanol–water partition coefficient (Wildman–Crippen LogP) is 1.19. The van der Waals surface area contributed by atoms with E-state index in [1.807, 2.05) is 0 Å². The summed E-state index contributed by atoms with van der Waals surface area (Å²) in [4.78, 5) is 28.4. The number of hydroxylamine groups is 2. The SMILES string of the molecule is COC(=O)c1cccc(N2C=C([N+](=O)[O-])N(OC)C2)c1. The number of carbonyl (C=O) groups excluding carboxylic acids is 1. The normalized spacial score (nSPS) is 14.2. The van der Waals surface area contributed by atoms with E-state index >= 15 is 0 Å². The molecule has 20 heavy (non-hydrogen) atoms. The summed E-state index contributed by atoms with van der Waals surface area (Å²) in [6.45, 7) is 0.164. The van der Waals surface area contributed by atoms with Crippen LogP contribution in [0.5, 0.6) is 0 Å². The first-order valence-electron chi connectivity index (χ1n) is 5.69. The first-order valence-corrected chi connectivity index (χ1v) is 5.69. The van der Waals surface area contributed by atoms with Crippen molar-refractivity contribution < 1.29 is 19.3 Å². The molecule has 1 aromatic carbocycles. The van der Waals surface area contributed by atoms with Crippen LogP contribution in [0.15, 0.2) is 36.3 Å². The molecule has 0 fully saturated rings. The molecule has 106 valence electrons. The molecule has 0 aromatic heterocycles. The second-order valence-corrected chi connectivity index (χ2v) is 3.96. The Labute approximate surface area is 114 Å². The van der Waals surface area contributed by atoms with E-state index in [9.17, 15) is 14.9 Å². The van der Waals surface area contributed by atoms with Crippen LogP contribution in [0.1, 0.15) is 10.4 Å². The lowest BCUT2D eigenvalue weighted by molar-refractivity contribution is -0.463. The summed E-state index contributed by atoms with van der Waals surface area (Å²) in [5.74, 6) is -0.635. The highest BCUT2D eigenvalue weighted by Gasteiger charge is 2.32. The predicted molar refractivity (Wildman–Crippen MR) is 69.1 cm³/mol. The number of carbonyl (C=O) groups is 1. The van der Waals surface area contributed by atoms with E-state index in [1.165, 1.54) is 20.4 Å². The summed E-state index contributed by atoms with van der Waals surface area (Å²) in [6, 6.07) is 6.62. The van der Waals surface area contributed by atoms with E-state index in [2.05, 4.69) is 4.74 Å². The van der Waals surface area contributed by atoms with Crippen molar-refractivity contribution in [2.45, 2.75) is 0 Å². The van der Waals surface area contributed by atoms with E-state index in [4.69, 9.17) is 4.84 Å². The van der Waals surface area contributed by atoms with E-state index in [1.54, 1.807) is 29.2 Å². The Morgan fingerprint density at radius 2 is 2.15 bits per heavy atom. The molecule has 0 bridgehead atoms. The van der Waals surface area contributed by atoms with Gasteiger partial charge < -0.3 is 19.8 Å². The third-order valence-electron chi connectivity index (χ3n) is 2.81. The van der Waals surface area contributed by atoms with Crippen LogP contribution in [0.2, 0.25) is 0 Å². The Balaban J connectivity index is 2.29. The Morgan fingerprint density at radius 3 is 2.70 bits per heavy atom. The van der Waals surface area contributed by atoms with Crippen molar-refractivity contribution >= 4 is 11.7 Å². The zero-order valence-corrected chi connectivity index (χ0v) is 11.0. The number of nitro groups is 1. The van der Waals surface area contributed by atoms with Gasteiger partial charge in [-0.2, -0.15) is 4.84 Å². The fourth-order valence-electron chi connectivity index (χ4n) is 1.83. The third kappa shape index (κ3) is 2.54. The Morgan fingerprint density at radius 1 is 1.40 bits per heavy atom. The number of hydrogen-bond acceptors (Lipinski definition) is 7. The van der Waals surface area contributed by atoms with Crippen LogP contribution in [0.4, 0.5) is 5.69 Å². The summed E-state index contributed by atoms with van der Waals surface area (Å²) < 4.78 is 4.64. The molecule has 1 aromatic rings. The van der Waals surface area contributed by atoms with E-state index in [-0.39, 0.29) is 12.5 Å². The molecule has 1 aliphatic heterocycles. The van der Waals surface area contributed by atoms with Crippen LogP contribution < -0.4 is 4.90 Å². The smallest absolute Gasteiger partial charge is 0.366 e. The monoisotopic (exact) mass is 279 g/mol. The van der Waals surface area contributed by atoms with Gasteiger partial charge in [-0.3, -0.25) is 0 Å². The van der Waals surface area contributed by atoms with E-state index in [0.717, 1.165) is 5.06 Å². The van der Waals surface area contributed by atoms with Crippen LogP contribution in [0, 0.1) is 10.1 Å². The van der Waals surface area contributed by atoms with Gasteiger partial charge in [0.2, 0.25) is 0 Å². The zero-order valence-electron chi connectivity index (χ0n) is 11.0. The lowest BCUT2D eigenvalue weighted by atomic mass is 10.2. The molecule has 0 atom stereocenters. The fourth-order valence-corrected chi connectivity index (χ4v) is 1.83. The number of hydrogen-bond donors (Lipinski definition) is 0. The van der Waals surface area contributed by atoms with Crippen molar-refractivity contribution in [1.29, 1.82) is 0 Å². The summed E-state index contributed by atoms with van der Waals surface area (Å²) in [7, 11) is 2.65. The molecule has 8 heteroatoms. The van der Waals surface area contributed by atoms with Gasteiger partial charge in [-0.15, -0.1) is 0 Å². The van der Waals surface area contributed by atoms with Gasteiger partial charge in [-0.25, -0.2) is 4.79 Å². The Kier molecular flexibility index (Phi) is 3.85. The molecule has 0 radical (unpaired) electrons. The highest BCUT2D eigenvalue weighted by atomic mass is 16.7. The van der Waals surface area contributed by atoms with Crippen LogP contribution in [0.25, 0.3) is 0 Å². The molecule has 0 N–H and O–H groups in total. The second-order valence-electron chi connectivity index (χ2n) is 3.96. The van der Waals surface area contributed by atoms with Crippen LogP contribution in [-0.2, 0) is 9.57 Å². The zero-order chi connectivity index (χ0) is 14.7. The van der Waals surface area contributed by atoms with Gasteiger partial charge in [0.05, 0.1) is 19.8 Å². The van der Waals surface area contributed by atoms with Crippen LogP contribution in [0.3, 0.4) is 0 Å². The van der Waals surface area contributed by atoms with Gasteiger partial charge in [-0.05, 0) is 23.1 Å². The lowest BCUT2D eigenvalue weighted by Gasteiger charge is -2.15. The summed E-state index contributed by atoms with van der Waals surface area (Å²) >= 11 is 0. The van der Waals surface area contributed by atoms with Gasteiger partial charge in [0.25, 0.3) is 0 Å². The number of esters is 1. The first-order chi connectivity index (χ1) is 9.56. The van der Waals surface area contributed by atoms with E-state index < -0.39 is 10.9 Å². The molecule has 1 heterocycles. The highest BCUT2D eigenvalue weighted by Crippen LogP contribution is 2.24. The largest absolute Gasteiger partial charge is 0.465 e. The number of methoxy groups -OCH3 is 1. The molecule has 0 amide bonds. The van der Waals surface area contributed by atoms with Crippen molar-refractivity contribution in [3.63, 3.8) is 0 Å². The maximum atomic E-state index is 11.5. The minimum Gasteiger partial charge on any atom is -0.465 e. The quantitative estimate of drug-likeness (QED) is 0.465. The molecule has 0 saturated heterocycles. The minimum absolute atomic E-state index is 0.164. The molecule has 8 nitrogen and oxygen atoms in total. The number of rotatable bonds is 4. The Hall–Kier alpha value is -2.61. The standard InChI is InChI=1S/C12H13N3O5/c1-19-12(16)9-4-3-5-10(6-9)13-7-11(15(17)18)14(8-13)20-2/h3-7H,8H2,1-2H3. The molecule has 0 spiro atoms. The maximum Gasteiger partial charge on any atom is 0.366 e. The van der Waals surface area contributed by atoms with E-state index in [0.29, 0.717) is 11.3 Å². The van der Waals surface area contributed by atoms with Crippen molar-refractivity contribution in [1.82, 2.24) is 5.06 Å². The number of benzene rings is 1. The van der Waals surface area contributed by atoms with Gasteiger partial charge >= 0.3 is 11.8 Å². The highest BCUT2D eigenvalue weighted by molar-refractivity contribution is 5.90. The number of nitrogens with zero attached hydrogens (tertiary/aromatic N) is 3. The van der Waals surface area contributed by atoms with Gasteiger partial charge in [0.15, 0.2) is 6.67 Å². The molecule has 0 aliphatic carbocycles. The average Bonchev–Trinajstić information content (AvgIpc) is 2.91. The first kappa shape index (κ1) is 13.8. The molecular weight excluding hydrogens is 266 g/mol. The topological polar surface area (TPSA) is 85.1 Å². The lowest BCUT2D eigenvalue weighted by Crippen LogP contribution is -2.27. The molecule has 0 saturated carbocycles. The Bertz CT molecular complexity index is 572.